The minimum absolute atomic E-state index is 0.111. The molecule has 2 aliphatic rings. The topological polar surface area (TPSA) is 120 Å². The van der Waals surface area contributed by atoms with Crippen LogP contribution in [0.3, 0.4) is 0 Å². The third-order valence-corrected chi connectivity index (χ3v) is 8.48. The maximum Gasteiger partial charge on any atom is 0.225 e. The van der Waals surface area contributed by atoms with E-state index in [-0.39, 0.29) is 17.2 Å². The molecule has 1 aliphatic carbocycles. The first-order valence-corrected chi connectivity index (χ1v) is 13.3. The first kappa shape index (κ1) is 25.4. The number of pyridine rings is 1. The van der Waals surface area contributed by atoms with Gasteiger partial charge >= 0.3 is 0 Å². The monoisotopic (exact) mass is 504 g/mol. The normalized spacial score (nSPS) is 20.5. The van der Waals surface area contributed by atoms with Crippen LogP contribution in [0.15, 0.2) is 34.9 Å². The Morgan fingerprint density at radius 1 is 1.22 bits per heavy atom. The summed E-state index contributed by atoms with van der Waals surface area (Å²) in [6, 6.07) is 7.92. The van der Waals surface area contributed by atoms with Gasteiger partial charge in [-0.15, -0.1) is 0 Å². The van der Waals surface area contributed by atoms with E-state index < -0.39 is 5.41 Å². The van der Waals surface area contributed by atoms with Gasteiger partial charge in [-0.2, -0.15) is 0 Å². The van der Waals surface area contributed by atoms with Crippen molar-refractivity contribution >= 4 is 22.6 Å². The first-order chi connectivity index (χ1) is 17.8. The fourth-order valence-corrected chi connectivity index (χ4v) is 6.16. The summed E-state index contributed by atoms with van der Waals surface area (Å²) in [5, 5.41) is 4.30. The molecular formula is C29H36N4O4. The van der Waals surface area contributed by atoms with E-state index in [0.29, 0.717) is 36.0 Å². The molecule has 196 valence electrons. The van der Waals surface area contributed by atoms with Crippen LogP contribution in [0.2, 0.25) is 0 Å². The molecule has 2 fully saturated rings. The molecule has 1 unspecified atom stereocenters. The van der Waals surface area contributed by atoms with Crippen molar-refractivity contribution in [1.82, 2.24) is 15.3 Å². The van der Waals surface area contributed by atoms with Gasteiger partial charge in [0.1, 0.15) is 11.5 Å². The Morgan fingerprint density at radius 3 is 2.68 bits per heavy atom. The number of Topliss-reactive ketones (excluding diaryl/α,β-unsaturated/α-hetero) is 1. The van der Waals surface area contributed by atoms with Gasteiger partial charge < -0.3 is 20.2 Å². The van der Waals surface area contributed by atoms with Crippen LogP contribution in [-0.2, 0) is 9.59 Å². The molecule has 1 saturated heterocycles. The van der Waals surface area contributed by atoms with Gasteiger partial charge in [0.2, 0.25) is 5.91 Å². The van der Waals surface area contributed by atoms with Crippen molar-refractivity contribution in [2.24, 2.45) is 16.6 Å². The van der Waals surface area contributed by atoms with Crippen LogP contribution < -0.4 is 15.8 Å². The number of ketones is 1. The Balaban J connectivity index is 1.45. The number of benzene rings is 1. The third-order valence-electron chi connectivity index (χ3n) is 8.48. The number of nitrogens with two attached hydrogens (primary N) is 1. The highest BCUT2D eigenvalue weighted by atomic mass is 16.5. The molecule has 3 aromatic rings. The van der Waals surface area contributed by atoms with E-state index in [0.717, 1.165) is 67.4 Å². The van der Waals surface area contributed by atoms with Gasteiger partial charge in [0.25, 0.3) is 0 Å². The second kappa shape index (κ2) is 9.89. The number of fused-ring (bicyclic) bond motifs is 1. The number of hydrogen-bond acceptors (Lipinski definition) is 7. The summed E-state index contributed by atoms with van der Waals surface area (Å²) in [6.45, 7) is 5.43. The van der Waals surface area contributed by atoms with Crippen molar-refractivity contribution < 1.29 is 18.7 Å². The maximum absolute atomic E-state index is 12.9. The summed E-state index contributed by atoms with van der Waals surface area (Å²) in [6.07, 6.45) is 7.05. The van der Waals surface area contributed by atoms with Gasteiger partial charge in [0.05, 0.1) is 35.7 Å². The molecule has 5 rings (SSSR count). The van der Waals surface area contributed by atoms with Crippen LogP contribution in [-0.4, -0.2) is 41.9 Å². The molecule has 1 saturated carbocycles. The molecule has 8 heteroatoms. The van der Waals surface area contributed by atoms with Crippen LogP contribution in [0, 0.1) is 17.8 Å². The number of carbonyl (C=O) groups excluding carboxylic acids is 2. The van der Waals surface area contributed by atoms with E-state index in [4.69, 9.17) is 19.9 Å². The minimum Gasteiger partial charge on any atom is -0.496 e. The Labute approximate surface area is 217 Å². The molecule has 1 aliphatic heterocycles. The van der Waals surface area contributed by atoms with Crippen molar-refractivity contribution in [2.45, 2.75) is 64.7 Å². The van der Waals surface area contributed by atoms with E-state index in [1.165, 1.54) is 0 Å². The second-order valence-corrected chi connectivity index (χ2v) is 10.7. The van der Waals surface area contributed by atoms with E-state index >= 15 is 0 Å². The lowest BCUT2D eigenvalue weighted by Gasteiger charge is -2.35. The van der Waals surface area contributed by atoms with Crippen LogP contribution in [0.5, 0.6) is 5.75 Å². The highest BCUT2D eigenvalue weighted by Crippen LogP contribution is 2.72. The van der Waals surface area contributed by atoms with Crippen molar-refractivity contribution in [3.63, 3.8) is 0 Å². The Morgan fingerprint density at radius 2 is 2.03 bits per heavy atom. The van der Waals surface area contributed by atoms with Gasteiger partial charge in [-0.25, -0.2) is 4.98 Å². The number of nitrogens with zero attached hydrogens (tertiary/aromatic N) is 2. The van der Waals surface area contributed by atoms with E-state index in [2.05, 4.69) is 10.3 Å². The number of hydrogen-bond donors (Lipinski definition) is 2. The summed E-state index contributed by atoms with van der Waals surface area (Å²) in [5.41, 5.74) is 7.89. The average Bonchev–Trinajstić information content (AvgIpc) is 3.39. The number of primary amides is 1. The van der Waals surface area contributed by atoms with Crippen LogP contribution >= 0.6 is 0 Å². The summed E-state index contributed by atoms with van der Waals surface area (Å²) in [5.74, 6) is 1.60. The minimum atomic E-state index is -0.658. The Kier molecular flexibility index (Phi) is 6.79. The molecule has 0 radical (unpaired) electrons. The number of nitrogens with one attached hydrogen (secondary N) is 1. The predicted octanol–water partition coefficient (Wildman–Crippen LogP) is 4.69. The number of rotatable bonds is 12. The second-order valence-electron chi connectivity index (χ2n) is 10.7. The van der Waals surface area contributed by atoms with Gasteiger partial charge in [-0.3, -0.25) is 14.6 Å². The summed E-state index contributed by atoms with van der Waals surface area (Å²) >= 11 is 0. The maximum atomic E-state index is 12.9. The average molecular weight is 505 g/mol. The van der Waals surface area contributed by atoms with Gasteiger partial charge in [-0.05, 0) is 38.3 Å². The molecule has 3 N–H and O–H groups in total. The number of unbranched alkanes of at least 4 members (excludes halogenated alkanes) is 2. The molecule has 3 heterocycles. The Hall–Kier alpha value is -3.26. The number of aromatic nitrogens is 2. The SMILES string of the molecule is CCC(=O)CCCCC[C@H](c1ncc(-c2cc3ccc(C)nc3cc2OC)o1)C1(C(N)=O)CC12CNC2. The highest BCUT2D eigenvalue weighted by molar-refractivity contribution is 5.88. The van der Waals surface area contributed by atoms with Gasteiger partial charge in [0, 0.05) is 48.5 Å². The predicted molar refractivity (Wildman–Crippen MR) is 141 cm³/mol. The van der Waals surface area contributed by atoms with E-state index in [1.807, 2.05) is 38.1 Å². The quantitative estimate of drug-likeness (QED) is 0.343. The number of oxazole rings is 1. The highest BCUT2D eigenvalue weighted by Gasteiger charge is 2.76. The molecular weight excluding hydrogens is 468 g/mol. The fraction of sp³-hybridized carbons (Fsp3) is 0.517. The summed E-state index contributed by atoms with van der Waals surface area (Å²) in [7, 11) is 1.63. The van der Waals surface area contributed by atoms with Gasteiger partial charge in [-0.1, -0.05) is 25.8 Å². The van der Waals surface area contributed by atoms with Crippen molar-refractivity contribution in [3.8, 4) is 17.1 Å². The van der Waals surface area contributed by atoms with Crippen molar-refractivity contribution in [1.29, 1.82) is 0 Å². The fourth-order valence-electron chi connectivity index (χ4n) is 6.16. The first-order valence-electron chi connectivity index (χ1n) is 13.3. The third kappa shape index (κ3) is 4.41. The zero-order chi connectivity index (χ0) is 26.2. The number of carbonyl (C=O) groups is 2. The molecule has 2 aromatic heterocycles. The largest absolute Gasteiger partial charge is 0.496 e. The van der Waals surface area contributed by atoms with E-state index in [1.54, 1.807) is 13.3 Å². The Bertz CT molecular complexity index is 1330. The summed E-state index contributed by atoms with van der Waals surface area (Å²) < 4.78 is 12.1. The van der Waals surface area contributed by atoms with Crippen LogP contribution in [0.4, 0.5) is 0 Å². The zero-order valence-corrected chi connectivity index (χ0v) is 21.9. The molecule has 0 bridgehead atoms. The number of ether oxygens (including phenoxy) is 1. The number of aryl methyl sites for hydroxylation is 1. The molecule has 1 spiro atoms. The lowest BCUT2D eigenvalue weighted by molar-refractivity contribution is -0.126. The van der Waals surface area contributed by atoms with Crippen LogP contribution in [0.1, 0.15) is 69.4 Å². The lowest BCUT2D eigenvalue weighted by atomic mass is 9.75. The zero-order valence-electron chi connectivity index (χ0n) is 21.9. The van der Waals surface area contributed by atoms with Gasteiger partial charge in [0.15, 0.2) is 11.7 Å². The molecule has 1 amide bonds. The van der Waals surface area contributed by atoms with Crippen molar-refractivity contribution in [2.75, 3.05) is 20.2 Å². The van der Waals surface area contributed by atoms with E-state index in [9.17, 15) is 9.59 Å². The molecule has 37 heavy (non-hydrogen) atoms. The molecule has 8 nitrogen and oxygen atoms in total. The standard InChI is InChI=1S/C29H36N4O4/c1-4-20(34)8-6-5-7-9-22(29(27(30)35)15-28(29)16-31-17-28)26-32-14-25(37-26)21-12-19-11-10-18(2)33-23(19)13-24(21)36-3/h10-14,22,31H,4-9,15-17H2,1-3H3,(H2,30,35)/t22-,29?/m1/s1. The number of amides is 1. The van der Waals surface area contributed by atoms with Crippen molar-refractivity contribution in [3.05, 3.63) is 42.0 Å². The smallest absolute Gasteiger partial charge is 0.225 e. The molecule has 1 aromatic carbocycles. The molecule has 2 atom stereocenters. The lowest BCUT2D eigenvalue weighted by Crippen LogP contribution is -2.51. The van der Waals surface area contributed by atoms with Crippen LogP contribution in [0.25, 0.3) is 22.2 Å². The summed E-state index contributed by atoms with van der Waals surface area (Å²) in [4.78, 5) is 33.9. The number of methoxy groups -OCH3 is 1.